The van der Waals surface area contributed by atoms with Gasteiger partial charge in [0.05, 0.1) is 7.11 Å². The van der Waals surface area contributed by atoms with E-state index in [1.54, 1.807) is 24.3 Å². The van der Waals surface area contributed by atoms with Crippen LogP contribution in [-0.4, -0.2) is 34.7 Å². The van der Waals surface area contributed by atoms with Crippen molar-refractivity contribution in [3.05, 3.63) is 24.3 Å². The van der Waals surface area contributed by atoms with Crippen LogP contribution in [0.4, 0.5) is 0 Å². The molecule has 0 aliphatic rings. The molecule has 1 atom stereocenters. The summed E-state index contributed by atoms with van der Waals surface area (Å²) in [4.78, 5) is 0.185. The predicted molar refractivity (Wildman–Crippen MR) is 99.0 cm³/mol. The Hall–Kier alpha value is -1.11. The monoisotopic (exact) mass is 356 g/mol. The average molecular weight is 357 g/mol. The molecule has 24 heavy (non-hydrogen) atoms. The van der Waals surface area contributed by atoms with Crippen LogP contribution in [0.15, 0.2) is 29.2 Å². The molecule has 1 unspecified atom stereocenters. The second-order valence-corrected chi connectivity index (χ2v) is 8.99. The van der Waals surface area contributed by atoms with Gasteiger partial charge in [-0.15, -0.1) is 0 Å². The molecule has 0 spiro atoms. The molecular formula is C18H32N2O3S. The summed E-state index contributed by atoms with van der Waals surface area (Å²) >= 11 is 0. The van der Waals surface area contributed by atoms with Gasteiger partial charge in [0, 0.05) is 19.1 Å². The fraction of sp³-hybridized carbons (Fsp3) is 0.667. The number of sulfonamides is 1. The molecule has 0 heterocycles. The first kappa shape index (κ1) is 20.9. The van der Waals surface area contributed by atoms with E-state index in [0.717, 1.165) is 25.8 Å². The molecule has 0 bridgehead atoms. The molecule has 0 aromatic heterocycles. The summed E-state index contributed by atoms with van der Waals surface area (Å²) in [5.41, 5.74) is 0.164. The van der Waals surface area contributed by atoms with Crippen LogP contribution in [0.5, 0.6) is 5.75 Å². The molecule has 1 rings (SSSR count). The van der Waals surface area contributed by atoms with Crippen LogP contribution in [0.3, 0.4) is 0 Å². The van der Waals surface area contributed by atoms with Gasteiger partial charge in [0.2, 0.25) is 10.0 Å². The predicted octanol–water partition coefficient (Wildman–Crippen LogP) is 3.17. The number of nitrogens with one attached hydrogen (secondary N) is 2. The molecular weight excluding hydrogens is 324 g/mol. The third kappa shape index (κ3) is 7.20. The van der Waals surface area contributed by atoms with Crippen molar-refractivity contribution in [2.75, 3.05) is 20.2 Å². The minimum Gasteiger partial charge on any atom is -0.495 e. The van der Waals surface area contributed by atoms with Crippen LogP contribution in [0, 0.1) is 5.41 Å². The Kier molecular flexibility index (Phi) is 8.19. The second-order valence-electron chi connectivity index (χ2n) is 7.30. The van der Waals surface area contributed by atoms with Crippen LogP contribution in [-0.2, 0) is 10.0 Å². The zero-order valence-corrected chi connectivity index (χ0v) is 16.4. The Balaban J connectivity index is 2.83. The van der Waals surface area contributed by atoms with Gasteiger partial charge < -0.3 is 10.1 Å². The maximum absolute atomic E-state index is 12.7. The fourth-order valence-corrected chi connectivity index (χ4v) is 3.84. The van der Waals surface area contributed by atoms with E-state index in [9.17, 15) is 8.42 Å². The van der Waals surface area contributed by atoms with Gasteiger partial charge in [-0.2, -0.15) is 0 Å². The van der Waals surface area contributed by atoms with Gasteiger partial charge in [-0.05, 0) is 24.0 Å². The summed E-state index contributed by atoms with van der Waals surface area (Å²) in [5, 5.41) is 3.38. The van der Waals surface area contributed by atoms with Crippen molar-refractivity contribution in [1.82, 2.24) is 10.0 Å². The number of unbranched alkanes of at least 4 members (excludes halogenated alkanes) is 1. The summed E-state index contributed by atoms with van der Waals surface area (Å²) in [6, 6.07) is 6.56. The lowest BCUT2D eigenvalue weighted by Crippen LogP contribution is -2.43. The topological polar surface area (TPSA) is 67.4 Å². The van der Waals surface area contributed by atoms with Gasteiger partial charge in [0.1, 0.15) is 10.6 Å². The molecule has 2 N–H and O–H groups in total. The lowest BCUT2D eigenvalue weighted by atomic mass is 9.97. The maximum atomic E-state index is 12.7. The van der Waals surface area contributed by atoms with Gasteiger partial charge in [-0.3, -0.25) is 0 Å². The Morgan fingerprint density at radius 3 is 2.46 bits per heavy atom. The minimum absolute atomic E-state index is 0.137. The van der Waals surface area contributed by atoms with Gasteiger partial charge in [-0.25, -0.2) is 13.1 Å². The summed E-state index contributed by atoms with van der Waals surface area (Å²) < 4.78 is 33.5. The highest BCUT2D eigenvalue weighted by molar-refractivity contribution is 7.89. The SMILES string of the molecule is CCCCC(CNCC(C)(C)C)NS(=O)(=O)c1ccccc1OC. The van der Waals surface area contributed by atoms with Gasteiger partial charge in [0.15, 0.2) is 0 Å². The van der Waals surface area contributed by atoms with Crippen molar-refractivity contribution in [1.29, 1.82) is 0 Å². The highest BCUT2D eigenvalue weighted by Crippen LogP contribution is 2.23. The third-order valence-electron chi connectivity index (χ3n) is 3.63. The maximum Gasteiger partial charge on any atom is 0.244 e. The van der Waals surface area contributed by atoms with Crippen LogP contribution in [0.1, 0.15) is 47.0 Å². The van der Waals surface area contributed by atoms with E-state index < -0.39 is 10.0 Å². The molecule has 138 valence electrons. The molecule has 0 saturated carbocycles. The van der Waals surface area contributed by atoms with Gasteiger partial charge >= 0.3 is 0 Å². The highest BCUT2D eigenvalue weighted by Gasteiger charge is 2.23. The number of methoxy groups -OCH3 is 1. The molecule has 6 heteroatoms. The Labute approximate surface area is 147 Å². The lowest BCUT2D eigenvalue weighted by molar-refractivity contribution is 0.364. The van der Waals surface area contributed by atoms with E-state index in [1.807, 2.05) is 0 Å². The molecule has 1 aromatic rings. The Morgan fingerprint density at radius 1 is 1.21 bits per heavy atom. The summed E-state index contributed by atoms with van der Waals surface area (Å²) in [6.07, 6.45) is 2.82. The van der Waals surface area contributed by atoms with E-state index in [-0.39, 0.29) is 16.4 Å². The molecule has 1 aromatic carbocycles. The Bertz CT molecular complexity index is 595. The summed E-state index contributed by atoms with van der Waals surface area (Å²) in [6.45, 7) is 10.0. The first-order valence-corrected chi connectivity index (χ1v) is 10.0. The zero-order valence-electron chi connectivity index (χ0n) is 15.6. The average Bonchev–Trinajstić information content (AvgIpc) is 2.51. The lowest BCUT2D eigenvalue weighted by Gasteiger charge is -2.23. The zero-order chi connectivity index (χ0) is 18.2. The molecule has 0 radical (unpaired) electrons. The summed E-state index contributed by atoms with van der Waals surface area (Å²) in [5.74, 6) is 0.363. The van der Waals surface area contributed by atoms with Crippen LogP contribution in [0.2, 0.25) is 0 Å². The van der Waals surface area contributed by atoms with Gasteiger partial charge in [-0.1, -0.05) is 52.7 Å². The van der Waals surface area contributed by atoms with Crippen LogP contribution in [0.25, 0.3) is 0 Å². The summed E-state index contributed by atoms with van der Waals surface area (Å²) in [7, 11) is -2.13. The molecule has 5 nitrogen and oxygen atoms in total. The van der Waals surface area contributed by atoms with E-state index >= 15 is 0 Å². The molecule has 0 aliphatic carbocycles. The van der Waals surface area contributed by atoms with Crippen LogP contribution >= 0.6 is 0 Å². The van der Waals surface area contributed by atoms with Crippen LogP contribution < -0.4 is 14.8 Å². The third-order valence-corrected chi connectivity index (χ3v) is 5.19. The van der Waals surface area contributed by atoms with Crippen molar-refractivity contribution < 1.29 is 13.2 Å². The fourth-order valence-electron chi connectivity index (χ4n) is 2.40. The second kappa shape index (κ2) is 9.39. The first-order chi connectivity index (χ1) is 11.2. The number of ether oxygens (including phenoxy) is 1. The molecule has 0 amide bonds. The Morgan fingerprint density at radius 2 is 1.88 bits per heavy atom. The molecule has 0 fully saturated rings. The number of hydrogen-bond donors (Lipinski definition) is 2. The van der Waals surface area contributed by atoms with Gasteiger partial charge in [0.25, 0.3) is 0 Å². The van der Waals surface area contributed by atoms with E-state index in [2.05, 4.69) is 37.7 Å². The van der Waals surface area contributed by atoms with Crippen molar-refractivity contribution in [3.63, 3.8) is 0 Å². The standard InChI is InChI=1S/C18H32N2O3S/c1-6-7-10-15(13-19-14-18(2,3)4)20-24(21,22)17-12-9-8-11-16(17)23-5/h8-9,11-12,15,19-20H,6-7,10,13-14H2,1-5H3. The van der Waals surface area contributed by atoms with Crippen molar-refractivity contribution >= 4 is 10.0 Å². The van der Waals surface area contributed by atoms with E-state index in [0.29, 0.717) is 12.3 Å². The minimum atomic E-state index is -3.61. The first-order valence-electron chi connectivity index (χ1n) is 8.55. The smallest absolute Gasteiger partial charge is 0.244 e. The van der Waals surface area contributed by atoms with Crippen molar-refractivity contribution in [2.24, 2.45) is 5.41 Å². The largest absolute Gasteiger partial charge is 0.495 e. The number of rotatable bonds is 10. The quantitative estimate of drug-likeness (QED) is 0.676. The number of benzene rings is 1. The number of hydrogen-bond acceptors (Lipinski definition) is 4. The van der Waals surface area contributed by atoms with Crippen molar-refractivity contribution in [2.45, 2.75) is 57.9 Å². The molecule has 0 aliphatic heterocycles. The van der Waals surface area contributed by atoms with E-state index in [1.165, 1.54) is 7.11 Å². The normalized spacial score (nSPS) is 13.7. The van der Waals surface area contributed by atoms with Crippen molar-refractivity contribution in [3.8, 4) is 5.75 Å². The number of para-hydroxylation sites is 1. The highest BCUT2D eigenvalue weighted by atomic mass is 32.2. The molecule has 0 saturated heterocycles. The van der Waals surface area contributed by atoms with E-state index in [4.69, 9.17) is 4.74 Å².